The Bertz CT molecular complexity index is 719. The summed E-state index contributed by atoms with van der Waals surface area (Å²) in [6.45, 7) is 0. The minimum absolute atomic E-state index is 0.111. The van der Waals surface area contributed by atoms with Gasteiger partial charge in [-0.05, 0) is 30.3 Å². The second-order valence-corrected chi connectivity index (χ2v) is 4.29. The molecule has 0 amide bonds. The predicted octanol–water partition coefficient (Wildman–Crippen LogP) is 3.38. The van der Waals surface area contributed by atoms with Gasteiger partial charge in [-0.1, -0.05) is 29.8 Å². The van der Waals surface area contributed by atoms with Gasteiger partial charge in [0.05, 0.1) is 0 Å². The van der Waals surface area contributed by atoms with Crippen LogP contribution in [0, 0.1) is 0 Å². The van der Waals surface area contributed by atoms with Gasteiger partial charge in [-0.15, -0.1) is 0 Å². The SMILES string of the molecule is O=C(c1ccccc1)n1ccc2ccc(Cl)nc21. The van der Waals surface area contributed by atoms with Crippen LogP contribution < -0.4 is 0 Å². The second-order valence-electron chi connectivity index (χ2n) is 3.90. The van der Waals surface area contributed by atoms with Crippen LogP contribution in [0.1, 0.15) is 10.4 Å². The van der Waals surface area contributed by atoms with Gasteiger partial charge in [0.2, 0.25) is 0 Å². The lowest BCUT2D eigenvalue weighted by Crippen LogP contribution is -2.11. The van der Waals surface area contributed by atoms with E-state index in [0.29, 0.717) is 16.4 Å². The van der Waals surface area contributed by atoms with Gasteiger partial charge in [-0.2, -0.15) is 0 Å². The Morgan fingerprint density at radius 1 is 1.06 bits per heavy atom. The van der Waals surface area contributed by atoms with Crippen molar-refractivity contribution >= 4 is 28.5 Å². The van der Waals surface area contributed by atoms with E-state index in [1.54, 1.807) is 24.4 Å². The monoisotopic (exact) mass is 256 g/mol. The average molecular weight is 257 g/mol. The topological polar surface area (TPSA) is 34.9 Å². The van der Waals surface area contributed by atoms with Crippen LogP contribution in [0.15, 0.2) is 54.7 Å². The summed E-state index contributed by atoms with van der Waals surface area (Å²) in [5.74, 6) is -0.111. The number of carbonyl (C=O) groups excluding carboxylic acids is 1. The molecule has 88 valence electrons. The molecular formula is C14H9ClN2O. The molecule has 0 bridgehead atoms. The largest absolute Gasteiger partial charge is 0.268 e. The number of benzene rings is 1. The van der Waals surface area contributed by atoms with Crippen LogP contribution in [-0.4, -0.2) is 15.5 Å². The van der Waals surface area contributed by atoms with Crippen molar-refractivity contribution in [3.63, 3.8) is 0 Å². The fourth-order valence-electron chi connectivity index (χ4n) is 1.87. The smallest absolute Gasteiger partial charge is 0.263 e. The van der Waals surface area contributed by atoms with Gasteiger partial charge in [0.15, 0.2) is 0 Å². The number of halogens is 1. The zero-order valence-corrected chi connectivity index (χ0v) is 10.1. The highest BCUT2D eigenvalue weighted by Gasteiger charge is 2.12. The standard InChI is InChI=1S/C14H9ClN2O/c15-12-7-6-10-8-9-17(13(10)16-12)14(18)11-4-2-1-3-5-11/h1-9H. The third-order valence-electron chi connectivity index (χ3n) is 2.74. The summed E-state index contributed by atoms with van der Waals surface area (Å²) in [5, 5.41) is 1.27. The molecule has 0 N–H and O–H groups in total. The molecule has 0 saturated heterocycles. The fourth-order valence-corrected chi connectivity index (χ4v) is 2.01. The van der Waals surface area contributed by atoms with Crippen molar-refractivity contribution < 1.29 is 4.79 Å². The lowest BCUT2D eigenvalue weighted by molar-refractivity contribution is 0.0964. The van der Waals surface area contributed by atoms with Crippen LogP contribution in [-0.2, 0) is 0 Å². The van der Waals surface area contributed by atoms with E-state index in [1.165, 1.54) is 4.57 Å². The van der Waals surface area contributed by atoms with Crippen LogP contribution in [0.5, 0.6) is 0 Å². The summed E-state index contributed by atoms with van der Waals surface area (Å²) < 4.78 is 1.51. The summed E-state index contributed by atoms with van der Waals surface area (Å²) in [5.41, 5.74) is 1.20. The van der Waals surface area contributed by atoms with Gasteiger partial charge in [0, 0.05) is 17.1 Å². The molecule has 0 spiro atoms. The maximum atomic E-state index is 12.3. The number of pyridine rings is 1. The normalized spacial score (nSPS) is 10.7. The number of fused-ring (bicyclic) bond motifs is 1. The molecular weight excluding hydrogens is 248 g/mol. The minimum atomic E-state index is -0.111. The van der Waals surface area contributed by atoms with Gasteiger partial charge < -0.3 is 0 Å². The Morgan fingerprint density at radius 3 is 2.61 bits per heavy atom. The summed E-state index contributed by atoms with van der Waals surface area (Å²) in [7, 11) is 0. The van der Waals surface area contributed by atoms with Crippen molar-refractivity contribution in [1.82, 2.24) is 9.55 Å². The number of aromatic nitrogens is 2. The molecule has 3 aromatic rings. The van der Waals surface area contributed by atoms with Crippen LogP contribution in [0.4, 0.5) is 0 Å². The number of nitrogens with zero attached hydrogens (tertiary/aromatic N) is 2. The van der Waals surface area contributed by atoms with Crippen molar-refractivity contribution in [3.05, 3.63) is 65.4 Å². The Labute approximate surface area is 109 Å². The summed E-state index contributed by atoms with van der Waals surface area (Å²) in [6, 6.07) is 14.5. The summed E-state index contributed by atoms with van der Waals surface area (Å²) in [4.78, 5) is 16.5. The maximum absolute atomic E-state index is 12.3. The second kappa shape index (κ2) is 4.27. The predicted molar refractivity (Wildman–Crippen MR) is 70.9 cm³/mol. The third kappa shape index (κ3) is 1.79. The Morgan fingerprint density at radius 2 is 1.83 bits per heavy atom. The first kappa shape index (κ1) is 11.0. The molecule has 2 heterocycles. The molecule has 1 aromatic carbocycles. The van der Waals surface area contributed by atoms with Gasteiger partial charge in [-0.25, -0.2) is 4.98 Å². The lowest BCUT2D eigenvalue weighted by atomic mass is 10.2. The number of hydrogen-bond donors (Lipinski definition) is 0. The third-order valence-corrected chi connectivity index (χ3v) is 2.95. The highest BCUT2D eigenvalue weighted by Crippen LogP contribution is 2.18. The van der Waals surface area contributed by atoms with Crippen LogP contribution in [0.3, 0.4) is 0 Å². The number of hydrogen-bond acceptors (Lipinski definition) is 2. The highest BCUT2D eigenvalue weighted by molar-refractivity contribution is 6.29. The van der Waals surface area contributed by atoms with Gasteiger partial charge in [0.1, 0.15) is 10.8 Å². The van der Waals surface area contributed by atoms with Crippen LogP contribution >= 0.6 is 11.6 Å². The van der Waals surface area contributed by atoms with Crippen molar-refractivity contribution in [1.29, 1.82) is 0 Å². The first-order valence-corrected chi connectivity index (χ1v) is 5.87. The van der Waals surface area contributed by atoms with Crippen molar-refractivity contribution in [2.24, 2.45) is 0 Å². The zero-order chi connectivity index (χ0) is 12.5. The molecule has 3 nitrogen and oxygen atoms in total. The number of carbonyl (C=O) groups is 1. The first-order chi connectivity index (χ1) is 8.75. The zero-order valence-electron chi connectivity index (χ0n) is 9.38. The van der Waals surface area contributed by atoms with E-state index in [0.717, 1.165) is 5.39 Å². The molecule has 0 atom stereocenters. The van der Waals surface area contributed by atoms with Gasteiger partial charge in [0.25, 0.3) is 5.91 Å². The Kier molecular flexibility index (Phi) is 2.61. The molecule has 0 aliphatic carbocycles. The Hall–Kier alpha value is -2.13. The quantitative estimate of drug-likeness (QED) is 0.626. The minimum Gasteiger partial charge on any atom is -0.268 e. The van der Waals surface area contributed by atoms with Crippen molar-refractivity contribution in [2.75, 3.05) is 0 Å². The van der Waals surface area contributed by atoms with Gasteiger partial charge >= 0.3 is 0 Å². The maximum Gasteiger partial charge on any atom is 0.263 e. The molecule has 0 radical (unpaired) electrons. The average Bonchev–Trinajstić information content (AvgIpc) is 2.82. The molecule has 0 saturated carbocycles. The lowest BCUT2D eigenvalue weighted by Gasteiger charge is -2.03. The van der Waals surface area contributed by atoms with E-state index < -0.39 is 0 Å². The van der Waals surface area contributed by atoms with E-state index in [9.17, 15) is 4.79 Å². The Balaban J connectivity index is 2.15. The molecule has 0 aliphatic rings. The first-order valence-electron chi connectivity index (χ1n) is 5.49. The number of rotatable bonds is 1. The van der Waals surface area contributed by atoms with E-state index >= 15 is 0 Å². The fraction of sp³-hybridized carbons (Fsp3) is 0. The molecule has 4 heteroatoms. The van der Waals surface area contributed by atoms with Crippen molar-refractivity contribution in [3.8, 4) is 0 Å². The summed E-state index contributed by atoms with van der Waals surface area (Å²) >= 11 is 5.86. The van der Waals surface area contributed by atoms with E-state index in [-0.39, 0.29) is 5.91 Å². The van der Waals surface area contributed by atoms with Crippen LogP contribution in [0.2, 0.25) is 5.15 Å². The molecule has 18 heavy (non-hydrogen) atoms. The highest BCUT2D eigenvalue weighted by atomic mass is 35.5. The van der Waals surface area contributed by atoms with E-state index in [2.05, 4.69) is 4.98 Å². The van der Waals surface area contributed by atoms with Crippen LogP contribution in [0.25, 0.3) is 11.0 Å². The van der Waals surface area contributed by atoms with E-state index in [4.69, 9.17) is 11.6 Å². The summed E-state index contributed by atoms with van der Waals surface area (Å²) in [6.07, 6.45) is 1.71. The van der Waals surface area contributed by atoms with Gasteiger partial charge in [-0.3, -0.25) is 9.36 Å². The molecule has 0 fully saturated rings. The molecule has 0 aliphatic heterocycles. The van der Waals surface area contributed by atoms with Crippen molar-refractivity contribution in [2.45, 2.75) is 0 Å². The molecule has 0 unspecified atom stereocenters. The molecule has 2 aromatic heterocycles. The van der Waals surface area contributed by atoms with E-state index in [1.807, 2.05) is 30.3 Å². The molecule has 3 rings (SSSR count).